The Labute approximate surface area is 167 Å². The van der Waals surface area contributed by atoms with Crippen molar-refractivity contribution >= 4 is 23.1 Å². The Balaban J connectivity index is 1.59. The minimum absolute atomic E-state index is 0.187. The topological polar surface area (TPSA) is 67.8 Å². The smallest absolute Gasteiger partial charge is 0.269 e. The summed E-state index contributed by atoms with van der Waals surface area (Å²) >= 11 is 1.10. The predicted molar refractivity (Wildman–Crippen MR) is 112 cm³/mol. The molecule has 6 heteroatoms. The number of pyridine rings is 1. The van der Waals surface area contributed by atoms with Crippen molar-refractivity contribution in [2.75, 3.05) is 5.32 Å². The van der Waals surface area contributed by atoms with E-state index in [1.807, 2.05) is 42.5 Å². The highest BCUT2D eigenvalue weighted by atomic mass is 32.1. The normalized spacial score (nSPS) is 10.6. The quantitative estimate of drug-likeness (QED) is 0.527. The second-order valence-electron chi connectivity index (χ2n) is 6.46. The second-order valence-corrected chi connectivity index (χ2v) is 7.22. The van der Waals surface area contributed by atoms with E-state index in [1.165, 1.54) is 5.56 Å². The number of benzene rings is 2. The molecule has 1 amide bonds. The SMILES string of the molecule is Cc1ccc(-c2ccccn2)cc1-c1ccc(NC(=O)c2snnc2C)cc1. The van der Waals surface area contributed by atoms with Gasteiger partial charge in [0.25, 0.3) is 5.91 Å². The van der Waals surface area contributed by atoms with E-state index < -0.39 is 0 Å². The third-order valence-electron chi connectivity index (χ3n) is 4.51. The molecule has 0 unspecified atom stereocenters. The fourth-order valence-corrected chi connectivity index (χ4v) is 3.54. The number of hydrogen-bond donors (Lipinski definition) is 1. The van der Waals surface area contributed by atoms with Crippen LogP contribution < -0.4 is 5.32 Å². The van der Waals surface area contributed by atoms with Gasteiger partial charge in [-0.2, -0.15) is 0 Å². The first-order chi connectivity index (χ1) is 13.6. The standard InChI is InChI=1S/C22H18N4OS/c1-14-6-7-17(20-5-3-4-12-23-20)13-19(14)16-8-10-18(11-9-16)24-22(27)21-15(2)25-26-28-21/h3-13H,1-2H3,(H,24,27). The number of carbonyl (C=O) groups excluding carboxylic acids is 1. The summed E-state index contributed by atoms with van der Waals surface area (Å²) in [5, 5.41) is 6.78. The molecule has 0 saturated carbocycles. The first-order valence-corrected chi connectivity index (χ1v) is 9.62. The highest BCUT2D eigenvalue weighted by Gasteiger charge is 2.13. The largest absolute Gasteiger partial charge is 0.321 e. The molecule has 28 heavy (non-hydrogen) atoms. The summed E-state index contributed by atoms with van der Waals surface area (Å²) in [5.74, 6) is -0.187. The van der Waals surface area contributed by atoms with Gasteiger partial charge in [0.15, 0.2) is 0 Å². The van der Waals surface area contributed by atoms with E-state index in [2.05, 4.69) is 45.0 Å². The number of aromatic nitrogens is 3. The van der Waals surface area contributed by atoms with E-state index in [1.54, 1.807) is 13.1 Å². The second kappa shape index (κ2) is 7.70. The Morgan fingerprint density at radius 3 is 2.43 bits per heavy atom. The minimum Gasteiger partial charge on any atom is -0.321 e. The summed E-state index contributed by atoms with van der Waals surface area (Å²) < 4.78 is 3.81. The number of carbonyl (C=O) groups is 1. The fourth-order valence-electron chi connectivity index (χ4n) is 2.99. The molecule has 0 aliphatic rings. The van der Waals surface area contributed by atoms with Crippen LogP contribution in [0.5, 0.6) is 0 Å². The highest BCUT2D eigenvalue weighted by molar-refractivity contribution is 7.08. The third-order valence-corrected chi connectivity index (χ3v) is 5.34. The van der Waals surface area contributed by atoms with Crippen molar-refractivity contribution < 1.29 is 4.79 Å². The molecule has 1 N–H and O–H groups in total. The Hall–Kier alpha value is -3.38. The molecule has 0 atom stereocenters. The van der Waals surface area contributed by atoms with Crippen molar-refractivity contribution in [1.29, 1.82) is 0 Å². The van der Waals surface area contributed by atoms with Crippen LogP contribution >= 0.6 is 11.5 Å². The fraction of sp³-hybridized carbons (Fsp3) is 0.0909. The van der Waals surface area contributed by atoms with Gasteiger partial charge in [0.1, 0.15) is 4.88 Å². The first kappa shape index (κ1) is 18.0. The number of rotatable bonds is 4. The van der Waals surface area contributed by atoms with E-state index in [0.717, 1.165) is 39.6 Å². The monoisotopic (exact) mass is 386 g/mol. The zero-order chi connectivity index (χ0) is 19.5. The molecular formula is C22H18N4OS. The maximum atomic E-state index is 12.3. The third kappa shape index (κ3) is 3.68. The van der Waals surface area contributed by atoms with Crippen LogP contribution in [0.15, 0.2) is 66.9 Å². The number of aryl methyl sites for hydroxylation is 2. The number of amides is 1. The van der Waals surface area contributed by atoms with Gasteiger partial charge in [-0.1, -0.05) is 34.8 Å². The Bertz CT molecular complexity index is 1120. The van der Waals surface area contributed by atoms with Crippen molar-refractivity contribution in [3.05, 3.63) is 83.0 Å². The van der Waals surface area contributed by atoms with Crippen molar-refractivity contribution in [2.45, 2.75) is 13.8 Å². The van der Waals surface area contributed by atoms with Crippen molar-refractivity contribution in [1.82, 2.24) is 14.6 Å². The molecule has 0 aliphatic heterocycles. The molecule has 2 aromatic heterocycles. The Kier molecular flexibility index (Phi) is 4.95. The molecular weight excluding hydrogens is 368 g/mol. The summed E-state index contributed by atoms with van der Waals surface area (Å²) in [5.41, 5.74) is 6.81. The lowest BCUT2D eigenvalue weighted by Gasteiger charge is -2.10. The zero-order valence-corrected chi connectivity index (χ0v) is 16.3. The first-order valence-electron chi connectivity index (χ1n) is 8.84. The number of hydrogen-bond acceptors (Lipinski definition) is 5. The van der Waals surface area contributed by atoms with Gasteiger partial charge in [-0.15, -0.1) is 5.10 Å². The molecule has 2 heterocycles. The lowest BCUT2D eigenvalue weighted by atomic mass is 9.96. The Morgan fingerprint density at radius 2 is 1.75 bits per heavy atom. The number of nitrogens with zero attached hydrogens (tertiary/aromatic N) is 3. The average molecular weight is 386 g/mol. The molecule has 0 saturated heterocycles. The average Bonchev–Trinajstić information content (AvgIpc) is 3.16. The van der Waals surface area contributed by atoms with Gasteiger partial charge in [0, 0.05) is 17.4 Å². The van der Waals surface area contributed by atoms with Crippen LogP contribution in [-0.2, 0) is 0 Å². The molecule has 138 valence electrons. The van der Waals surface area contributed by atoms with Gasteiger partial charge in [-0.05, 0) is 72.4 Å². The summed E-state index contributed by atoms with van der Waals surface area (Å²) in [6, 6.07) is 20.1. The molecule has 5 nitrogen and oxygen atoms in total. The van der Waals surface area contributed by atoms with Crippen LogP contribution in [0.25, 0.3) is 22.4 Å². The van der Waals surface area contributed by atoms with Gasteiger partial charge >= 0.3 is 0 Å². The van der Waals surface area contributed by atoms with Crippen molar-refractivity contribution in [3.8, 4) is 22.4 Å². The maximum absolute atomic E-state index is 12.3. The van der Waals surface area contributed by atoms with Gasteiger partial charge in [-0.3, -0.25) is 9.78 Å². The Morgan fingerprint density at radius 1 is 0.964 bits per heavy atom. The molecule has 0 radical (unpaired) electrons. The van der Waals surface area contributed by atoms with Gasteiger partial charge in [-0.25, -0.2) is 0 Å². The van der Waals surface area contributed by atoms with Crippen LogP contribution in [0.4, 0.5) is 5.69 Å². The highest BCUT2D eigenvalue weighted by Crippen LogP contribution is 2.29. The van der Waals surface area contributed by atoms with Crippen LogP contribution in [-0.4, -0.2) is 20.5 Å². The lowest BCUT2D eigenvalue weighted by Crippen LogP contribution is -2.11. The van der Waals surface area contributed by atoms with Crippen LogP contribution in [0.2, 0.25) is 0 Å². The number of nitrogens with one attached hydrogen (secondary N) is 1. The zero-order valence-electron chi connectivity index (χ0n) is 15.5. The minimum atomic E-state index is -0.187. The molecule has 4 aromatic rings. The van der Waals surface area contributed by atoms with E-state index in [9.17, 15) is 4.79 Å². The van der Waals surface area contributed by atoms with E-state index in [0.29, 0.717) is 10.6 Å². The molecule has 0 fully saturated rings. The molecule has 2 aromatic carbocycles. The van der Waals surface area contributed by atoms with E-state index in [-0.39, 0.29) is 5.91 Å². The summed E-state index contributed by atoms with van der Waals surface area (Å²) in [6.45, 7) is 3.87. The summed E-state index contributed by atoms with van der Waals surface area (Å²) in [6.07, 6.45) is 1.80. The van der Waals surface area contributed by atoms with Crippen molar-refractivity contribution in [3.63, 3.8) is 0 Å². The summed E-state index contributed by atoms with van der Waals surface area (Å²) in [7, 11) is 0. The predicted octanol–water partition coefficient (Wildman–Crippen LogP) is 5.14. The van der Waals surface area contributed by atoms with E-state index in [4.69, 9.17) is 0 Å². The lowest BCUT2D eigenvalue weighted by molar-refractivity contribution is 0.103. The number of anilines is 1. The summed E-state index contributed by atoms with van der Waals surface area (Å²) in [4.78, 5) is 17.3. The molecule has 4 rings (SSSR count). The molecule has 0 spiro atoms. The van der Waals surface area contributed by atoms with Crippen molar-refractivity contribution in [2.24, 2.45) is 0 Å². The van der Waals surface area contributed by atoms with Gasteiger partial charge in [0.05, 0.1) is 11.4 Å². The van der Waals surface area contributed by atoms with E-state index >= 15 is 0 Å². The molecule has 0 aliphatic carbocycles. The van der Waals surface area contributed by atoms with Crippen LogP contribution in [0.1, 0.15) is 20.9 Å². The van der Waals surface area contributed by atoms with Crippen LogP contribution in [0, 0.1) is 13.8 Å². The van der Waals surface area contributed by atoms with Gasteiger partial charge in [0.2, 0.25) is 0 Å². The maximum Gasteiger partial charge on any atom is 0.269 e. The van der Waals surface area contributed by atoms with Gasteiger partial charge < -0.3 is 5.32 Å². The van der Waals surface area contributed by atoms with Crippen LogP contribution in [0.3, 0.4) is 0 Å². The molecule has 0 bridgehead atoms.